The number of fused-ring (bicyclic) bond motifs is 2. The fourth-order valence-electron chi connectivity index (χ4n) is 3.92. The molecule has 2 bridgehead atoms. The van der Waals surface area contributed by atoms with Crippen molar-refractivity contribution < 1.29 is 0 Å². The molecule has 92 valence electrons. The first-order chi connectivity index (χ1) is 8.00. The van der Waals surface area contributed by atoms with Gasteiger partial charge in [0.1, 0.15) is 0 Å². The van der Waals surface area contributed by atoms with Gasteiger partial charge in [0.25, 0.3) is 0 Å². The maximum atomic E-state index is 2.41. The van der Waals surface area contributed by atoms with Gasteiger partial charge in [0.15, 0.2) is 0 Å². The summed E-state index contributed by atoms with van der Waals surface area (Å²) in [6.07, 6.45) is 7.28. The lowest BCUT2D eigenvalue weighted by Gasteiger charge is -2.28. The van der Waals surface area contributed by atoms with Crippen molar-refractivity contribution in [2.75, 3.05) is 0 Å². The van der Waals surface area contributed by atoms with Crippen molar-refractivity contribution in [3.63, 3.8) is 0 Å². The monoisotopic (exact) mass is 228 g/mol. The average molecular weight is 228 g/mol. The van der Waals surface area contributed by atoms with Crippen molar-refractivity contribution in [1.29, 1.82) is 0 Å². The topological polar surface area (TPSA) is 0 Å². The highest BCUT2D eigenvalue weighted by Gasteiger charge is 2.45. The molecule has 0 atom stereocenters. The van der Waals surface area contributed by atoms with Crippen LogP contribution < -0.4 is 0 Å². The highest BCUT2D eigenvalue weighted by atomic mass is 14.5. The normalized spacial score (nSPS) is 32.1. The van der Waals surface area contributed by atoms with E-state index in [1.807, 2.05) is 0 Å². The number of rotatable bonds is 1. The second-order valence-corrected chi connectivity index (χ2v) is 7.26. The molecule has 0 nitrogen and oxygen atoms in total. The highest BCUT2D eigenvalue weighted by Crippen LogP contribution is 2.55. The van der Waals surface area contributed by atoms with Gasteiger partial charge < -0.3 is 0 Å². The zero-order valence-corrected chi connectivity index (χ0v) is 11.4. The fraction of sp³-hybridized carbons (Fsp3) is 0.647. The third kappa shape index (κ3) is 1.82. The highest BCUT2D eigenvalue weighted by molar-refractivity contribution is 5.34. The van der Waals surface area contributed by atoms with Crippen molar-refractivity contribution in [2.24, 2.45) is 5.92 Å². The van der Waals surface area contributed by atoms with Crippen LogP contribution in [0.4, 0.5) is 0 Å². The minimum Gasteiger partial charge on any atom is -0.0582 e. The van der Waals surface area contributed by atoms with Gasteiger partial charge in [-0.2, -0.15) is 0 Å². The van der Waals surface area contributed by atoms with E-state index in [9.17, 15) is 0 Å². The Balaban J connectivity index is 1.90. The van der Waals surface area contributed by atoms with E-state index < -0.39 is 0 Å². The molecular formula is C17H24. The van der Waals surface area contributed by atoms with Crippen LogP contribution in [-0.2, 0) is 10.8 Å². The zero-order valence-electron chi connectivity index (χ0n) is 11.4. The molecule has 2 fully saturated rings. The number of hydrogen-bond acceptors (Lipinski definition) is 0. The molecule has 1 aromatic carbocycles. The van der Waals surface area contributed by atoms with Gasteiger partial charge in [-0.15, -0.1) is 0 Å². The SMILES string of the molecule is CC(C)(C)c1ccc(C23CCC(CC2)C3)cc1. The van der Waals surface area contributed by atoms with Crippen LogP contribution in [0.3, 0.4) is 0 Å². The van der Waals surface area contributed by atoms with Crippen molar-refractivity contribution in [3.05, 3.63) is 35.4 Å². The van der Waals surface area contributed by atoms with Gasteiger partial charge in [0, 0.05) is 0 Å². The molecule has 0 heteroatoms. The molecule has 2 aliphatic rings. The lowest BCUT2D eigenvalue weighted by atomic mass is 9.76. The molecule has 0 radical (unpaired) electrons. The Hall–Kier alpha value is -0.780. The van der Waals surface area contributed by atoms with Crippen LogP contribution in [0.25, 0.3) is 0 Å². The van der Waals surface area contributed by atoms with E-state index in [1.54, 1.807) is 5.56 Å². The lowest BCUT2D eigenvalue weighted by molar-refractivity contribution is 0.418. The molecule has 0 saturated heterocycles. The second kappa shape index (κ2) is 3.60. The van der Waals surface area contributed by atoms with Crippen LogP contribution in [-0.4, -0.2) is 0 Å². The summed E-state index contributed by atoms with van der Waals surface area (Å²) >= 11 is 0. The summed E-state index contributed by atoms with van der Waals surface area (Å²) in [7, 11) is 0. The Morgan fingerprint density at radius 1 is 1.00 bits per heavy atom. The molecule has 2 saturated carbocycles. The number of hydrogen-bond donors (Lipinski definition) is 0. The Morgan fingerprint density at radius 3 is 2.00 bits per heavy atom. The van der Waals surface area contributed by atoms with Crippen LogP contribution in [0.1, 0.15) is 64.0 Å². The first-order valence-electron chi connectivity index (χ1n) is 7.11. The van der Waals surface area contributed by atoms with E-state index in [0.717, 1.165) is 5.92 Å². The zero-order chi connectivity index (χ0) is 12.1. The fourth-order valence-corrected chi connectivity index (χ4v) is 3.92. The van der Waals surface area contributed by atoms with Gasteiger partial charge in [-0.05, 0) is 60.0 Å². The second-order valence-electron chi connectivity index (χ2n) is 7.26. The molecule has 2 aliphatic carbocycles. The van der Waals surface area contributed by atoms with Gasteiger partial charge in [0.2, 0.25) is 0 Å². The van der Waals surface area contributed by atoms with Gasteiger partial charge in [0.05, 0.1) is 0 Å². The Labute approximate surface area is 105 Å². The van der Waals surface area contributed by atoms with Gasteiger partial charge in [-0.3, -0.25) is 0 Å². The number of benzene rings is 1. The molecule has 17 heavy (non-hydrogen) atoms. The van der Waals surface area contributed by atoms with E-state index >= 15 is 0 Å². The molecule has 0 unspecified atom stereocenters. The minimum atomic E-state index is 0.282. The first-order valence-corrected chi connectivity index (χ1v) is 7.11. The molecule has 1 aromatic rings. The van der Waals surface area contributed by atoms with Crippen molar-refractivity contribution in [1.82, 2.24) is 0 Å². The maximum Gasteiger partial charge on any atom is -0.00441 e. The summed E-state index contributed by atoms with van der Waals surface area (Å²) in [6, 6.07) is 9.54. The standard InChI is InChI=1S/C17H24/c1-16(2,3)14-4-6-15(7-5-14)17-10-8-13(12-17)9-11-17/h4-7,13H,8-12H2,1-3H3. The quantitative estimate of drug-likeness (QED) is 0.646. The van der Waals surface area contributed by atoms with Crippen molar-refractivity contribution >= 4 is 0 Å². The van der Waals surface area contributed by atoms with Gasteiger partial charge in [-0.1, -0.05) is 45.0 Å². The van der Waals surface area contributed by atoms with E-state index in [4.69, 9.17) is 0 Å². The Kier molecular flexibility index (Phi) is 2.40. The summed E-state index contributed by atoms with van der Waals surface area (Å²) in [6.45, 7) is 6.88. The van der Waals surface area contributed by atoms with E-state index in [0.29, 0.717) is 5.41 Å². The molecule has 0 aromatic heterocycles. The van der Waals surface area contributed by atoms with Crippen molar-refractivity contribution in [2.45, 2.75) is 63.7 Å². The van der Waals surface area contributed by atoms with Crippen LogP contribution in [0.2, 0.25) is 0 Å². The maximum absolute atomic E-state index is 2.41. The Bertz CT molecular complexity index is 397. The van der Waals surface area contributed by atoms with E-state index in [2.05, 4.69) is 45.0 Å². The lowest BCUT2D eigenvalue weighted by Crippen LogP contribution is -2.20. The largest absolute Gasteiger partial charge is 0.0582 e. The van der Waals surface area contributed by atoms with Gasteiger partial charge in [-0.25, -0.2) is 0 Å². The molecule has 0 amide bonds. The van der Waals surface area contributed by atoms with Crippen molar-refractivity contribution in [3.8, 4) is 0 Å². The summed E-state index contributed by atoms with van der Waals surface area (Å²) in [5, 5.41) is 0. The van der Waals surface area contributed by atoms with Crippen LogP contribution in [0.5, 0.6) is 0 Å². The summed E-state index contributed by atoms with van der Waals surface area (Å²) < 4.78 is 0. The predicted octanol–water partition coefficient (Wildman–Crippen LogP) is 4.82. The Morgan fingerprint density at radius 2 is 1.59 bits per heavy atom. The summed E-state index contributed by atoms with van der Waals surface area (Å²) in [4.78, 5) is 0. The summed E-state index contributed by atoms with van der Waals surface area (Å²) in [5.74, 6) is 1.04. The third-order valence-corrected chi connectivity index (χ3v) is 5.10. The smallest absolute Gasteiger partial charge is 0.00441 e. The minimum absolute atomic E-state index is 0.282. The molecular weight excluding hydrogens is 204 g/mol. The van der Waals surface area contributed by atoms with E-state index in [-0.39, 0.29) is 5.41 Å². The molecule has 3 rings (SSSR count). The van der Waals surface area contributed by atoms with E-state index in [1.165, 1.54) is 37.7 Å². The summed E-state index contributed by atoms with van der Waals surface area (Å²) in [5.41, 5.74) is 3.93. The molecule has 0 spiro atoms. The van der Waals surface area contributed by atoms with Gasteiger partial charge >= 0.3 is 0 Å². The van der Waals surface area contributed by atoms with Crippen LogP contribution >= 0.6 is 0 Å². The molecule has 0 N–H and O–H groups in total. The predicted molar refractivity (Wildman–Crippen MR) is 73.4 cm³/mol. The van der Waals surface area contributed by atoms with Crippen LogP contribution in [0.15, 0.2) is 24.3 Å². The average Bonchev–Trinajstić information content (AvgIpc) is 2.89. The first kappa shape index (κ1) is 11.3. The van der Waals surface area contributed by atoms with Crippen LogP contribution in [0, 0.1) is 5.92 Å². The third-order valence-electron chi connectivity index (χ3n) is 5.10. The molecule has 0 heterocycles. The molecule has 0 aliphatic heterocycles.